The van der Waals surface area contributed by atoms with Gasteiger partial charge >= 0.3 is 0 Å². The number of non-ortho nitro benzene ring substituents is 1. The van der Waals surface area contributed by atoms with Crippen molar-refractivity contribution in [2.75, 3.05) is 6.61 Å². The number of hydrazone groups is 1. The lowest BCUT2D eigenvalue weighted by molar-refractivity contribution is -0.384. The third kappa shape index (κ3) is 8.27. The minimum absolute atomic E-state index is 0.00664. The van der Waals surface area contributed by atoms with Crippen molar-refractivity contribution in [2.24, 2.45) is 11.0 Å². The summed E-state index contributed by atoms with van der Waals surface area (Å²) in [5.74, 6) is -0.178. The van der Waals surface area contributed by atoms with Crippen LogP contribution in [-0.2, 0) is 11.4 Å². The SMILES string of the molecule is CCOc1cc(/C=N\NC(=O)C(NC(=O)c2ccccc2Cl)C(C)C)ccc1OCc1ccc([N+](=O)[O-])cc1. The van der Waals surface area contributed by atoms with E-state index in [1.54, 1.807) is 54.6 Å². The Balaban J connectivity index is 1.63. The second-order valence-corrected chi connectivity index (χ2v) is 9.17. The summed E-state index contributed by atoms with van der Waals surface area (Å²) in [6.07, 6.45) is 1.45. The van der Waals surface area contributed by atoms with Crippen molar-refractivity contribution in [3.05, 3.63) is 98.6 Å². The molecule has 0 bridgehead atoms. The van der Waals surface area contributed by atoms with Gasteiger partial charge in [0.25, 0.3) is 17.5 Å². The highest BCUT2D eigenvalue weighted by Gasteiger charge is 2.25. The van der Waals surface area contributed by atoms with Crippen molar-refractivity contribution in [1.82, 2.24) is 10.7 Å². The molecular formula is C28H29ClN4O6. The molecule has 3 aromatic carbocycles. The van der Waals surface area contributed by atoms with Crippen molar-refractivity contribution < 1.29 is 24.0 Å². The number of hydrogen-bond donors (Lipinski definition) is 2. The number of nitrogens with one attached hydrogen (secondary N) is 2. The zero-order valence-corrected chi connectivity index (χ0v) is 22.5. The normalized spacial score (nSPS) is 11.7. The quantitative estimate of drug-likeness (QED) is 0.182. The maximum atomic E-state index is 12.8. The van der Waals surface area contributed by atoms with Crippen molar-refractivity contribution in [3.63, 3.8) is 0 Å². The molecule has 1 atom stereocenters. The summed E-state index contributed by atoms with van der Waals surface area (Å²) in [6, 6.07) is 17.0. The Morgan fingerprint density at radius 2 is 1.77 bits per heavy atom. The standard InChI is InChI=1S/C28H29ClN4O6/c1-4-38-25-15-20(11-14-24(25)39-17-19-9-12-21(13-10-19)33(36)37)16-30-32-28(35)26(18(2)3)31-27(34)22-7-5-6-8-23(22)29/h5-16,18,26H,4,17H2,1-3H3,(H,31,34)(H,32,35)/b30-16-. The van der Waals surface area contributed by atoms with E-state index in [0.29, 0.717) is 28.7 Å². The molecule has 0 aliphatic rings. The lowest BCUT2D eigenvalue weighted by Gasteiger charge is -2.20. The van der Waals surface area contributed by atoms with Gasteiger partial charge in [0.05, 0.1) is 28.3 Å². The average molecular weight is 553 g/mol. The summed E-state index contributed by atoms with van der Waals surface area (Å²) in [7, 11) is 0. The number of nitrogens with zero attached hydrogens (tertiary/aromatic N) is 2. The molecule has 10 nitrogen and oxygen atoms in total. The van der Waals surface area contributed by atoms with E-state index in [4.69, 9.17) is 21.1 Å². The van der Waals surface area contributed by atoms with Crippen molar-refractivity contribution >= 4 is 35.3 Å². The van der Waals surface area contributed by atoms with E-state index in [0.717, 1.165) is 5.56 Å². The zero-order valence-electron chi connectivity index (χ0n) is 21.7. The van der Waals surface area contributed by atoms with Crippen LogP contribution < -0.4 is 20.2 Å². The van der Waals surface area contributed by atoms with Crippen molar-refractivity contribution in [3.8, 4) is 11.5 Å². The van der Waals surface area contributed by atoms with E-state index in [9.17, 15) is 19.7 Å². The molecule has 204 valence electrons. The molecule has 0 heterocycles. The fourth-order valence-corrected chi connectivity index (χ4v) is 3.73. The van der Waals surface area contributed by atoms with Gasteiger partial charge in [0.1, 0.15) is 12.6 Å². The van der Waals surface area contributed by atoms with E-state index < -0.39 is 22.8 Å². The first-order valence-electron chi connectivity index (χ1n) is 12.2. The summed E-state index contributed by atoms with van der Waals surface area (Å²) < 4.78 is 11.5. The molecule has 3 rings (SSSR count). The maximum Gasteiger partial charge on any atom is 0.269 e. The molecule has 0 aliphatic heterocycles. The number of halogens is 1. The minimum Gasteiger partial charge on any atom is -0.490 e. The number of benzene rings is 3. The maximum absolute atomic E-state index is 12.8. The van der Waals surface area contributed by atoms with Crippen LogP contribution in [0.5, 0.6) is 11.5 Å². The summed E-state index contributed by atoms with van der Waals surface area (Å²) in [6.45, 7) is 6.05. The van der Waals surface area contributed by atoms with Gasteiger partial charge in [-0.1, -0.05) is 37.6 Å². The van der Waals surface area contributed by atoms with E-state index in [1.165, 1.54) is 18.3 Å². The van der Waals surface area contributed by atoms with E-state index in [-0.39, 0.29) is 23.8 Å². The number of amides is 2. The van der Waals surface area contributed by atoms with Crippen molar-refractivity contribution in [2.45, 2.75) is 33.4 Å². The van der Waals surface area contributed by atoms with Crippen LogP contribution >= 0.6 is 11.6 Å². The van der Waals surface area contributed by atoms with E-state index in [1.807, 2.05) is 20.8 Å². The van der Waals surface area contributed by atoms with Crippen LogP contribution in [-0.4, -0.2) is 35.6 Å². The molecule has 1 unspecified atom stereocenters. The Bertz CT molecular complexity index is 1340. The molecule has 0 fully saturated rings. The zero-order chi connectivity index (χ0) is 28.4. The van der Waals surface area contributed by atoms with Gasteiger partial charge in [-0.05, 0) is 66.4 Å². The van der Waals surface area contributed by atoms with Crippen LogP contribution in [0.15, 0.2) is 71.8 Å². The van der Waals surface area contributed by atoms with Crippen LogP contribution in [0.25, 0.3) is 0 Å². The number of hydrogen-bond acceptors (Lipinski definition) is 7. The first-order chi connectivity index (χ1) is 18.7. The number of nitro benzene ring substituents is 1. The second kappa shape index (κ2) is 13.9. The fourth-order valence-electron chi connectivity index (χ4n) is 3.51. The predicted octanol–water partition coefficient (Wildman–Crippen LogP) is 5.13. The Hall–Kier alpha value is -4.44. The number of nitro groups is 1. The molecule has 0 spiro atoms. The molecule has 0 aromatic heterocycles. The van der Waals surface area contributed by atoms with E-state index >= 15 is 0 Å². The van der Waals surface area contributed by atoms with Gasteiger partial charge in [0.15, 0.2) is 11.5 Å². The average Bonchev–Trinajstić information content (AvgIpc) is 2.91. The van der Waals surface area contributed by atoms with Crippen LogP contribution in [0.1, 0.15) is 42.3 Å². The highest BCUT2D eigenvalue weighted by Crippen LogP contribution is 2.29. The highest BCUT2D eigenvalue weighted by atomic mass is 35.5. The molecule has 0 radical (unpaired) electrons. The second-order valence-electron chi connectivity index (χ2n) is 8.76. The highest BCUT2D eigenvalue weighted by molar-refractivity contribution is 6.33. The van der Waals surface area contributed by atoms with Gasteiger partial charge < -0.3 is 14.8 Å². The molecule has 3 aromatic rings. The number of rotatable bonds is 12. The number of ether oxygens (including phenoxy) is 2. The fraction of sp³-hybridized carbons (Fsp3) is 0.250. The largest absolute Gasteiger partial charge is 0.490 e. The Labute approximate surface area is 231 Å². The molecule has 39 heavy (non-hydrogen) atoms. The molecule has 0 aliphatic carbocycles. The predicted molar refractivity (Wildman–Crippen MR) is 148 cm³/mol. The van der Waals surface area contributed by atoms with Crippen LogP contribution in [0.3, 0.4) is 0 Å². The molecule has 11 heteroatoms. The molecule has 2 amide bonds. The lowest BCUT2D eigenvalue weighted by atomic mass is 10.0. The smallest absolute Gasteiger partial charge is 0.269 e. The third-order valence-corrected chi connectivity index (χ3v) is 5.88. The molecular weight excluding hydrogens is 524 g/mol. The Morgan fingerprint density at radius 3 is 2.41 bits per heavy atom. The van der Waals surface area contributed by atoms with Crippen LogP contribution in [0.2, 0.25) is 5.02 Å². The lowest BCUT2D eigenvalue weighted by Crippen LogP contribution is -2.48. The Morgan fingerprint density at radius 1 is 1.05 bits per heavy atom. The van der Waals surface area contributed by atoms with Crippen LogP contribution in [0, 0.1) is 16.0 Å². The topological polar surface area (TPSA) is 132 Å². The van der Waals surface area contributed by atoms with Crippen LogP contribution in [0.4, 0.5) is 5.69 Å². The first kappa shape index (κ1) is 29.1. The molecule has 2 N–H and O–H groups in total. The van der Waals surface area contributed by atoms with E-state index in [2.05, 4.69) is 15.8 Å². The number of carbonyl (C=O) groups is 2. The Kier molecular flexibility index (Phi) is 10.4. The molecule has 0 saturated heterocycles. The van der Waals surface area contributed by atoms with Gasteiger partial charge in [0, 0.05) is 12.1 Å². The minimum atomic E-state index is -0.833. The molecule has 0 saturated carbocycles. The van der Waals surface area contributed by atoms with Crippen molar-refractivity contribution in [1.29, 1.82) is 0 Å². The summed E-state index contributed by atoms with van der Waals surface area (Å²) >= 11 is 6.10. The third-order valence-electron chi connectivity index (χ3n) is 5.55. The van der Waals surface area contributed by atoms with Gasteiger partial charge in [0.2, 0.25) is 0 Å². The number of carbonyl (C=O) groups excluding carboxylic acids is 2. The summed E-state index contributed by atoms with van der Waals surface area (Å²) in [4.78, 5) is 35.8. The summed E-state index contributed by atoms with van der Waals surface area (Å²) in [5, 5.41) is 17.9. The van der Waals surface area contributed by atoms with Gasteiger partial charge in [-0.2, -0.15) is 5.10 Å². The summed E-state index contributed by atoms with van der Waals surface area (Å²) in [5.41, 5.74) is 4.16. The van der Waals surface area contributed by atoms with Gasteiger partial charge in [-0.15, -0.1) is 0 Å². The van der Waals surface area contributed by atoms with Gasteiger partial charge in [-0.3, -0.25) is 19.7 Å². The van der Waals surface area contributed by atoms with Gasteiger partial charge in [-0.25, -0.2) is 5.43 Å². The monoisotopic (exact) mass is 552 g/mol. The first-order valence-corrected chi connectivity index (χ1v) is 12.6.